The van der Waals surface area contributed by atoms with Gasteiger partial charge in [-0.15, -0.1) is 10.2 Å². The highest BCUT2D eigenvalue weighted by atomic mass is 32.2. The van der Waals surface area contributed by atoms with Crippen molar-refractivity contribution >= 4 is 29.0 Å². The number of carbonyl (C=O) groups is 1. The van der Waals surface area contributed by atoms with Crippen LogP contribution in [-0.4, -0.2) is 40.5 Å². The lowest BCUT2D eigenvalue weighted by molar-refractivity contribution is -0.113. The van der Waals surface area contributed by atoms with Crippen molar-refractivity contribution in [2.24, 2.45) is 7.05 Å². The third kappa shape index (κ3) is 4.72. The van der Waals surface area contributed by atoms with Crippen LogP contribution >= 0.6 is 11.8 Å². The van der Waals surface area contributed by atoms with Gasteiger partial charge in [0.25, 0.3) is 0 Å². The van der Waals surface area contributed by atoms with E-state index in [1.54, 1.807) is 0 Å². The van der Waals surface area contributed by atoms with E-state index in [4.69, 9.17) is 0 Å². The Morgan fingerprint density at radius 2 is 1.89 bits per heavy atom. The first kappa shape index (κ1) is 19.9. The van der Waals surface area contributed by atoms with Crippen molar-refractivity contribution < 1.29 is 4.79 Å². The van der Waals surface area contributed by atoms with E-state index in [9.17, 15) is 4.79 Å². The number of nitrogens with one attached hydrogen (secondary N) is 1. The number of carbonyl (C=O) groups excluding carboxylic acids is 1. The molecule has 146 valence electrons. The minimum Gasteiger partial charge on any atom is -0.378 e. The van der Waals surface area contributed by atoms with E-state index in [2.05, 4.69) is 28.5 Å². The van der Waals surface area contributed by atoms with Crippen LogP contribution < -0.4 is 10.2 Å². The fourth-order valence-corrected chi connectivity index (χ4v) is 3.48. The topological polar surface area (TPSA) is 63.1 Å². The molecule has 0 radical (unpaired) electrons. The van der Waals surface area contributed by atoms with Gasteiger partial charge < -0.3 is 14.8 Å². The zero-order valence-electron chi connectivity index (χ0n) is 16.6. The SMILES string of the molecule is CCc1ccc(NC(=O)CSc2nnc(-c3cccc(N(C)C)c3)n2C)cc1. The molecule has 6 nitrogen and oxygen atoms in total. The summed E-state index contributed by atoms with van der Waals surface area (Å²) >= 11 is 1.37. The van der Waals surface area contributed by atoms with Gasteiger partial charge in [-0.05, 0) is 36.2 Å². The third-order valence-corrected chi connectivity index (χ3v) is 5.45. The molecule has 0 saturated heterocycles. The van der Waals surface area contributed by atoms with E-state index < -0.39 is 0 Å². The Hall–Kier alpha value is -2.80. The number of hydrogen-bond donors (Lipinski definition) is 1. The van der Waals surface area contributed by atoms with Crippen LogP contribution in [0.1, 0.15) is 12.5 Å². The van der Waals surface area contributed by atoms with Gasteiger partial charge in [0, 0.05) is 38.1 Å². The first-order chi connectivity index (χ1) is 13.5. The molecular weight excluding hydrogens is 370 g/mol. The molecule has 0 atom stereocenters. The Kier molecular flexibility index (Phi) is 6.36. The Bertz CT molecular complexity index is 950. The molecule has 0 unspecified atom stereocenters. The standard InChI is InChI=1S/C21H25N5OS/c1-5-15-9-11-17(12-10-15)22-19(27)14-28-21-24-23-20(26(21)4)16-7-6-8-18(13-16)25(2)3/h6-13H,5,14H2,1-4H3,(H,22,27). The van der Waals surface area contributed by atoms with Gasteiger partial charge in [-0.25, -0.2) is 0 Å². The van der Waals surface area contributed by atoms with Crippen LogP contribution in [0.25, 0.3) is 11.4 Å². The molecule has 0 bridgehead atoms. The Morgan fingerprint density at radius 1 is 1.14 bits per heavy atom. The lowest BCUT2D eigenvalue weighted by Crippen LogP contribution is -2.14. The van der Waals surface area contributed by atoms with Crippen molar-refractivity contribution in [1.29, 1.82) is 0 Å². The fraction of sp³-hybridized carbons (Fsp3) is 0.286. The largest absolute Gasteiger partial charge is 0.378 e. The average molecular weight is 396 g/mol. The predicted octanol–water partition coefficient (Wildman–Crippen LogP) is 3.84. The maximum atomic E-state index is 12.3. The van der Waals surface area contributed by atoms with E-state index in [0.717, 1.165) is 29.2 Å². The van der Waals surface area contributed by atoms with Crippen LogP contribution in [0.2, 0.25) is 0 Å². The normalized spacial score (nSPS) is 10.7. The van der Waals surface area contributed by atoms with E-state index in [0.29, 0.717) is 5.16 Å². The number of aryl methyl sites for hydroxylation is 1. The summed E-state index contributed by atoms with van der Waals surface area (Å²) in [5, 5.41) is 12.2. The van der Waals surface area contributed by atoms with Crippen molar-refractivity contribution in [3.63, 3.8) is 0 Å². The summed E-state index contributed by atoms with van der Waals surface area (Å²) in [7, 11) is 5.93. The molecule has 0 fully saturated rings. The van der Waals surface area contributed by atoms with Gasteiger partial charge in [0.2, 0.25) is 5.91 Å². The Balaban J connectivity index is 1.64. The molecular formula is C21H25N5OS. The number of hydrogen-bond acceptors (Lipinski definition) is 5. The molecule has 3 aromatic rings. The van der Waals surface area contributed by atoms with Crippen LogP contribution in [-0.2, 0) is 18.3 Å². The molecule has 1 N–H and O–H groups in total. The number of benzene rings is 2. The van der Waals surface area contributed by atoms with Gasteiger partial charge in [0.05, 0.1) is 5.75 Å². The summed E-state index contributed by atoms with van der Waals surface area (Å²) in [5.41, 5.74) is 4.15. The maximum absolute atomic E-state index is 12.3. The predicted molar refractivity (Wildman–Crippen MR) is 116 cm³/mol. The lowest BCUT2D eigenvalue weighted by atomic mass is 10.1. The first-order valence-corrected chi connectivity index (χ1v) is 10.1. The Morgan fingerprint density at radius 3 is 2.57 bits per heavy atom. The number of rotatable bonds is 7. The number of anilines is 2. The lowest BCUT2D eigenvalue weighted by Gasteiger charge is -2.13. The highest BCUT2D eigenvalue weighted by Gasteiger charge is 2.13. The fourth-order valence-electron chi connectivity index (χ4n) is 2.77. The van der Waals surface area contributed by atoms with Crippen molar-refractivity contribution in [1.82, 2.24) is 14.8 Å². The number of thioether (sulfide) groups is 1. The maximum Gasteiger partial charge on any atom is 0.234 e. The van der Waals surface area contributed by atoms with Gasteiger partial charge >= 0.3 is 0 Å². The van der Waals surface area contributed by atoms with Gasteiger partial charge in [0.1, 0.15) is 0 Å². The van der Waals surface area contributed by atoms with E-state index in [1.165, 1.54) is 17.3 Å². The summed E-state index contributed by atoms with van der Waals surface area (Å²) in [6.07, 6.45) is 0.982. The molecule has 1 heterocycles. The van der Waals surface area contributed by atoms with Crippen LogP contribution in [0.5, 0.6) is 0 Å². The number of amides is 1. The third-order valence-electron chi connectivity index (χ3n) is 4.43. The van der Waals surface area contributed by atoms with Crippen LogP contribution in [0.15, 0.2) is 53.7 Å². The molecule has 0 aliphatic carbocycles. The summed E-state index contributed by atoms with van der Waals surface area (Å²) in [4.78, 5) is 14.3. The molecule has 2 aromatic carbocycles. The molecule has 0 aliphatic heterocycles. The minimum atomic E-state index is -0.0617. The molecule has 1 amide bonds. The van der Waals surface area contributed by atoms with Gasteiger partial charge in [-0.1, -0.05) is 43.0 Å². The zero-order chi connectivity index (χ0) is 20.1. The minimum absolute atomic E-state index is 0.0617. The zero-order valence-corrected chi connectivity index (χ0v) is 17.5. The summed E-state index contributed by atoms with van der Waals surface area (Å²) < 4.78 is 1.92. The summed E-state index contributed by atoms with van der Waals surface area (Å²) in [5.74, 6) is 0.995. The van der Waals surface area contributed by atoms with Crippen molar-refractivity contribution in [2.45, 2.75) is 18.5 Å². The molecule has 7 heteroatoms. The monoisotopic (exact) mass is 395 g/mol. The second-order valence-electron chi connectivity index (χ2n) is 6.70. The van der Waals surface area contributed by atoms with Gasteiger partial charge in [0.15, 0.2) is 11.0 Å². The smallest absolute Gasteiger partial charge is 0.234 e. The molecule has 0 aliphatic rings. The van der Waals surface area contributed by atoms with Crippen molar-refractivity contribution in [3.8, 4) is 11.4 Å². The second-order valence-corrected chi connectivity index (χ2v) is 7.64. The highest BCUT2D eigenvalue weighted by molar-refractivity contribution is 7.99. The van der Waals surface area contributed by atoms with Crippen LogP contribution in [0.4, 0.5) is 11.4 Å². The molecule has 1 aromatic heterocycles. The number of aromatic nitrogens is 3. The Labute approximate surface area is 170 Å². The highest BCUT2D eigenvalue weighted by Crippen LogP contribution is 2.25. The molecule has 3 rings (SSSR count). The molecule has 0 spiro atoms. The quantitative estimate of drug-likeness (QED) is 0.616. The van der Waals surface area contributed by atoms with E-state index in [1.807, 2.05) is 73.1 Å². The van der Waals surface area contributed by atoms with Gasteiger partial charge in [-0.3, -0.25) is 4.79 Å². The summed E-state index contributed by atoms with van der Waals surface area (Å²) in [6.45, 7) is 2.11. The summed E-state index contributed by atoms with van der Waals surface area (Å²) in [6, 6.07) is 16.1. The second kappa shape index (κ2) is 8.93. The van der Waals surface area contributed by atoms with Crippen molar-refractivity contribution in [3.05, 3.63) is 54.1 Å². The molecule has 0 saturated carbocycles. The van der Waals surface area contributed by atoms with E-state index in [-0.39, 0.29) is 11.7 Å². The van der Waals surface area contributed by atoms with Crippen LogP contribution in [0.3, 0.4) is 0 Å². The average Bonchev–Trinajstić information content (AvgIpc) is 3.07. The van der Waals surface area contributed by atoms with Crippen molar-refractivity contribution in [2.75, 3.05) is 30.1 Å². The van der Waals surface area contributed by atoms with Crippen LogP contribution in [0, 0.1) is 0 Å². The first-order valence-electron chi connectivity index (χ1n) is 9.16. The van der Waals surface area contributed by atoms with E-state index >= 15 is 0 Å². The van der Waals surface area contributed by atoms with Gasteiger partial charge in [-0.2, -0.15) is 0 Å². The number of nitrogens with zero attached hydrogens (tertiary/aromatic N) is 4. The molecule has 28 heavy (non-hydrogen) atoms.